The minimum Gasteiger partial charge on any atom is -0.466 e. The van der Waals surface area contributed by atoms with Crippen LogP contribution in [0, 0.1) is 0 Å². The van der Waals surface area contributed by atoms with E-state index in [9.17, 15) is 4.79 Å². The molecule has 1 heterocycles. The van der Waals surface area contributed by atoms with E-state index >= 15 is 0 Å². The summed E-state index contributed by atoms with van der Waals surface area (Å²) in [6.45, 7) is 5.96. The summed E-state index contributed by atoms with van der Waals surface area (Å²) in [4.78, 5) is 13.8. The van der Waals surface area contributed by atoms with Crippen molar-refractivity contribution in [2.45, 2.75) is 33.2 Å². The molecule has 0 amide bonds. The molecule has 0 saturated heterocycles. The average molecular weight is 241 g/mol. The van der Waals surface area contributed by atoms with Gasteiger partial charge in [-0.15, -0.1) is 11.3 Å². The number of carbonyl (C=O) groups is 1. The van der Waals surface area contributed by atoms with Crippen LogP contribution in [0.1, 0.15) is 30.0 Å². The van der Waals surface area contributed by atoms with Crippen molar-refractivity contribution in [3.05, 3.63) is 21.9 Å². The Morgan fingerprint density at radius 3 is 2.75 bits per heavy atom. The topological polar surface area (TPSA) is 38.3 Å². The van der Waals surface area contributed by atoms with Crippen molar-refractivity contribution in [2.75, 3.05) is 13.2 Å². The molecule has 3 nitrogen and oxygen atoms in total. The average Bonchev–Trinajstić information content (AvgIpc) is 2.73. The smallest absolute Gasteiger partial charge is 0.307 e. The van der Waals surface area contributed by atoms with Gasteiger partial charge < -0.3 is 10.1 Å². The molecule has 16 heavy (non-hydrogen) atoms. The van der Waals surface area contributed by atoms with E-state index in [4.69, 9.17) is 4.74 Å². The number of carbonyl (C=O) groups excluding carboxylic acids is 1. The number of aryl methyl sites for hydroxylation is 1. The van der Waals surface area contributed by atoms with Crippen molar-refractivity contribution in [2.24, 2.45) is 0 Å². The molecular weight excluding hydrogens is 222 g/mol. The van der Waals surface area contributed by atoms with Gasteiger partial charge in [0, 0.05) is 22.8 Å². The summed E-state index contributed by atoms with van der Waals surface area (Å²) in [5, 5.41) is 3.24. The van der Waals surface area contributed by atoms with E-state index in [1.165, 1.54) is 9.75 Å². The highest BCUT2D eigenvalue weighted by Gasteiger charge is 2.01. The molecule has 0 aliphatic rings. The van der Waals surface area contributed by atoms with Gasteiger partial charge in [0.15, 0.2) is 0 Å². The number of thiophene rings is 1. The van der Waals surface area contributed by atoms with E-state index in [2.05, 4.69) is 24.4 Å². The van der Waals surface area contributed by atoms with Gasteiger partial charge in [-0.2, -0.15) is 0 Å². The van der Waals surface area contributed by atoms with Gasteiger partial charge in [0.05, 0.1) is 13.0 Å². The lowest BCUT2D eigenvalue weighted by molar-refractivity contribution is -0.142. The number of esters is 1. The molecule has 0 atom stereocenters. The normalized spacial score (nSPS) is 10.4. The van der Waals surface area contributed by atoms with Crippen LogP contribution in [0.3, 0.4) is 0 Å². The minimum atomic E-state index is -0.129. The molecule has 1 rings (SSSR count). The SMILES string of the molecule is CCOC(=O)CCNCc1ccc(CC)s1. The van der Waals surface area contributed by atoms with Gasteiger partial charge in [-0.05, 0) is 25.5 Å². The van der Waals surface area contributed by atoms with Crippen molar-refractivity contribution in [1.82, 2.24) is 5.32 Å². The lowest BCUT2D eigenvalue weighted by Gasteiger charge is -2.03. The van der Waals surface area contributed by atoms with Crippen molar-refractivity contribution < 1.29 is 9.53 Å². The van der Waals surface area contributed by atoms with Crippen LogP contribution in [-0.4, -0.2) is 19.1 Å². The first-order chi connectivity index (χ1) is 7.76. The molecule has 0 radical (unpaired) electrons. The molecule has 0 fully saturated rings. The van der Waals surface area contributed by atoms with Gasteiger partial charge in [0.25, 0.3) is 0 Å². The lowest BCUT2D eigenvalue weighted by atomic mass is 10.3. The van der Waals surface area contributed by atoms with Crippen molar-refractivity contribution in [1.29, 1.82) is 0 Å². The standard InChI is InChI=1S/C12H19NO2S/c1-3-10-5-6-11(16-10)9-13-8-7-12(14)15-4-2/h5-6,13H,3-4,7-9H2,1-2H3. The number of hydrogen-bond acceptors (Lipinski definition) is 4. The van der Waals surface area contributed by atoms with Crippen LogP contribution < -0.4 is 5.32 Å². The predicted octanol–water partition coefficient (Wildman–Crippen LogP) is 2.35. The highest BCUT2D eigenvalue weighted by molar-refractivity contribution is 7.11. The summed E-state index contributed by atoms with van der Waals surface area (Å²) in [5.74, 6) is -0.129. The monoisotopic (exact) mass is 241 g/mol. The first-order valence-corrected chi connectivity index (χ1v) is 6.51. The van der Waals surface area contributed by atoms with Crippen LogP contribution in [0.5, 0.6) is 0 Å². The van der Waals surface area contributed by atoms with Crippen LogP contribution in [-0.2, 0) is 22.5 Å². The van der Waals surface area contributed by atoms with Crippen LogP contribution in [0.25, 0.3) is 0 Å². The van der Waals surface area contributed by atoms with Gasteiger partial charge in [-0.3, -0.25) is 4.79 Å². The first-order valence-electron chi connectivity index (χ1n) is 5.70. The van der Waals surface area contributed by atoms with E-state index in [1.807, 2.05) is 18.3 Å². The molecular formula is C12H19NO2S. The quantitative estimate of drug-likeness (QED) is 0.588. The summed E-state index contributed by atoms with van der Waals surface area (Å²) in [5.41, 5.74) is 0. The minimum absolute atomic E-state index is 0.129. The van der Waals surface area contributed by atoms with Crippen molar-refractivity contribution in [3.8, 4) is 0 Å². The Morgan fingerprint density at radius 1 is 1.38 bits per heavy atom. The second-order valence-corrected chi connectivity index (χ2v) is 4.71. The number of hydrogen-bond donors (Lipinski definition) is 1. The van der Waals surface area contributed by atoms with Crippen molar-refractivity contribution >= 4 is 17.3 Å². The van der Waals surface area contributed by atoms with Crippen LogP contribution in [0.2, 0.25) is 0 Å². The van der Waals surface area contributed by atoms with Gasteiger partial charge in [-0.25, -0.2) is 0 Å². The molecule has 0 unspecified atom stereocenters. The first kappa shape index (κ1) is 13.2. The van der Waals surface area contributed by atoms with E-state index in [1.54, 1.807) is 0 Å². The van der Waals surface area contributed by atoms with Crippen molar-refractivity contribution in [3.63, 3.8) is 0 Å². The molecule has 90 valence electrons. The Hall–Kier alpha value is -0.870. The maximum absolute atomic E-state index is 11.0. The molecule has 1 aromatic heterocycles. The Labute approximate surface area is 101 Å². The molecule has 0 aromatic carbocycles. The maximum Gasteiger partial charge on any atom is 0.307 e. The fourth-order valence-electron chi connectivity index (χ4n) is 1.34. The molecule has 1 N–H and O–H groups in total. The number of ether oxygens (including phenoxy) is 1. The summed E-state index contributed by atoms with van der Waals surface area (Å²) in [6.07, 6.45) is 1.54. The number of rotatable bonds is 7. The summed E-state index contributed by atoms with van der Waals surface area (Å²) < 4.78 is 4.84. The Bertz CT molecular complexity index is 323. The van der Waals surface area contributed by atoms with Gasteiger partial charge in [0.1, 0.15) is 0 Å². The van der Waals surface area contributed by atoms with Crippen LogP contribution >= 0.6 is 11.3 Å². The molecule has 0 aliphatic carbocycles. The predicted molar refractivity (Wildman–Crippen MR) is 66.7 cm³/mol. The molecule has 0 saturated carbocycles. The molecule has 0 bridgehead atoms. The molecule has 1 aromatic rings. The molecule has 4 heteroatoms. The third-order valence-corrected chi connectivity index (χ3v) is 3.41. The summed E-state index contributed by atoms with van der Waals surface area (Å²) in [7, 11) is 0. The fourth-order valence-corrected chi connectivity index (χ4v) is 2.27. The summed E-state index contributed by atoms with van der Waals surface area (Å²) >= 11 is 1.82. The fraction of sp³-hybridized carbons (Fsp3) is 0.583. The Kier molecular flexibility index (Phi) is 6.11. The summed E-state index contributed by atoms with van der Waals surface area (Å²) in [6, 6.07) is 4.30. The van der Waals surface area contributed by atoms with Gasteiger partial charge >= 0.3 is 5.97 Å². The largest absolute Gasteiger partial charge is 0.466 e. The third kappa shape index (κ3) is 4.77. The highest BCUT2D eigenvalue weighted by atomic mass is 32.1. The maximum atomic E-state index is 11.0. The van der Waals surface area contributed by atoms with Gasteiger partial charge in [-0.1, -0.05) is 6.92 Å². The van der Waals surface area contributed by atoms with Crippen LogP contribution in [0.15, 0.2) is 12.1 Å². The van der Waals surface area contributed by atoms with E-state index in [0.717, 1.165) is 13.0 Å². The lowest BCUT2D eigenvalue weighted by Crippen LogP contribution is -2.18. The molecule has 0 spiro atoms. The van der Waals surface area contributed by atoms with Gasteiger partial charge in [0.2, 0.25) is 0 Å². The van der Waals surface area contributed by atoms with E-state index in [0.29, 0.717) is 19.6 Å². The Morgan fingerprint density at radius 2 is 2.12 bits per heavy atom. The molecule has 0 aliphatic heterocycles. The zero-order valence-electron chi connectivity index (χ0n) is 9.91. The number of nitrogens with one attached hydrogen (secondary N) is 1. The third-order valence-electron chi connectivity index (χ3n) is 2.18. The zero-order chi connectivity index (χ0) is 11.8. The Balaban J connectivity index is 2.13. The highest BCUT2D eigenvalue weighted by Crippen LogP contribution is 2.16. The second-order valence-electron chi connectivity index (χ2n) is 3.45. The second kappa shape index (κ2) is 7.41. The van der Waals surface area contributed by atoms with Crippen LogP contribution in [0.4, 0.5) is 0 Å². The zero-order valence-corrected chi connectivity index (χ0v) is 10.7. The van der Waals surface area contributed by atoms with E-state index in [-0.39, 0.29) is 5.97 Å². The van der Waals surface area contributed by atoms with E-state index < -0.39 is 0 Å².